The molecule has 0 heteroatoms. The second-order valence-electron chi connectivity index (χ2n) is 14.0. The number of fused-ring (bicyclic) bond motifs is 8. The van der Waals surface area contributed by atoms with Crippen molar-refractivity contribution < 1.29 is 0 Å². The van der Waals surface area contributed by atoms with E-state index in [2.05, 4.69) is 172 Å². The van der Waals surface area contributed by atoms with Crippen LogP contribution in [0.5, 0.6) is 0 Å². The molecule has 11 rings (SSSR count). The van der Waals surface area contributed by atoms with Gasteiger partial charge in [-0.05, 0) is 146 Å². The molecule has 0 aliphatic heterocycles. The van der Waals surface area contributed by atoms with Gasteiger partial charge in [-0.25, -0.2) is 0 Å². The molecule has 0 unspecified atom stereocenters. The van der Waals surface area contributed by atoms with Crippen LogP contribution >= 0.6 is 0 Å². The Morgan fingerprint density at radius 1 is 0.280 bits per heavy atom. The van der Waals surface area contributed by atoms with Crippen molar-refractivity contribution in [2.75, 3.05) is 0 Å². The van der Waals surface area contributed by atoms with Crippen LogP contribution < -0.4 is 0 Å². The normalized spacial score (nSPS) is 12.2. The molecule has 50 heavy (non-hydrogen) atoms. The Hall–Kier alpha value is -6.24. The van der Waals surface area contributed by atoms with Crippen LogP contribution in [0.25, 0.3) is 109 Å². The van der Waals surface area contributed by atoms with Crippen molar-refractivity contribution in [1.82, 2.24) is 0 Å². The van der Waals surface area contributed by atoms with E-state index in [-0.39, 0.29) is 0 Å². The standard InChI is InChI=1S/C50H32/c1-29-13-10-14-30(2)45(29)40-25-26-42-47-38(40)22-11-23-39(47)44-28-32-27-43-35-19-8-7-18-34(35)37-21-12-24-41(48(37)43)46(32)50(49(42)44)36-20-9-6-17-33(36)31-15-4-3-5-16-31/h3-28H,1-2H3. The van der Waals surface area contributed by atoms with E-state index in [1.54, 1.807) is 0 Å². The lowest BCUT2D eigenvalue weighted by Crippen LogP contribution is -1.90. The molecule has 0 amide bonds. The number of benzene rings is 9. The van der Waals surface area contributed by atoms with Gasteiger partial charge < -0.3 is 0 Å². The summed E-state index contributed by atoms with van der Waals surface area (Å²) in [7, 11) is 0. The van der Waals surface area contributed by atoms with Gasteiger partial charge in [0.15, 0.2) is 0 Å². The van der Waals surface area contributed by atoms with Crippen LogP contribution in [0.2, 0.25) is 0 Å². The molecule has 0 N–H and O–H groups in total. The molecule has 0 nitrogen and oxygen atoms in total. The third-order valence-corrected chi connectivity index (χ3v) is 11.4. The molecule has 0 spiro atoms. The Bertz CT molecular complexity index is 3120. The second kappa shape index (κ2) is 10.1. The first-order chi connectivity index (χ1) is 24.7. The third kappa shape index (κ3) is 3.60. The van der Waals surface area contributed by atoms with Crippen molar-refractivity contribution in [2.45, 2.75) is 13.8 Å². The Kier molecular flexibility index (Phi) is 5.61. The molecule has 0 heterocycles. The van der Waals surface area contributed by atoms with Gasteiger partial charge in [0.2, 0.25) is 0 Å². The van der Waals surface area contributed by atoms with Gasteiger partial charge in [-0.1, -0.05) is 146 Å². The van der Waals surface area contributed by atoms with Crippen molar-refractivity contribution >= 4 is 75.4 Å². The summed E-state index contributed by atoms with van der Waals surface area (Å²) >= 11 is 0. The molecule has 0 saturated heterocycles. The summed E-state index contributed by atoms with van der Waals surface area (Å²) in [5.41, 5.74) is 10.4. The van der Waals surface area contributed by atoms with Crippen molar-refractivity contribution in [3.05, 3.63) is 169 Å². The van der Waals surface area contributed by atoms with Gasteiger partial charge >= 0.3 is 0 Å². The van der Waals surface area contributed by atoms with Gasteiger partial charge in [-0.15, -0.1) is 0 Å². The molecule has 0 atom stereocenters. The van der Waals surface area contributed by atoms with Crippen molar-refractivity contribution in [3.8, 4) is 33.4 Å². The largest absolute Gasteiger partial charge is 0.0622 e. The summed E-state index contributed by atoms with van der Waals surface area (Å²) in [6.07, 6.45) is 0. The quantitative estimate of drug-likeness (QED) is 0.170. The lowest BCUT2D eigenvalue weighted by atomic mass is 9.85. The summed E-state index contributed by atoms with van der Waals surface area (Å²) in [4.78, 5) is 0. The summed E-state index contributed by atoms with van der Waals surface area (Å²) < 4.78 is 0. The van der Waals surface area contributed by atoms with Crippen LogP contribution in [0.3, 0.4) is 0 Å². The molecule has 0 fully saturated rings. The monoisotopic (exact) mass is 632 g/mol. The highest BCUT2D eigenvalue weighted by Gasteiger charge is 2.24. The van der Waals surface area contributed by atoms with Crippen molar-refractivity contribution in [1.29, 1.82) is 0 Å². The SMILES string of the molecule is Cc1cccc(C)c1-c1ccc2c3c(-c4ccccc4-c4ccccc4)c4c(cc3c3cccc1c32)cc1c2ccccc2c2cccc4c21. The van der Waals surface area contributed by atoms with Gasteiger partial charge in [0.1, 0.15) is 0 Å². The van der Waals surface area contributed by atoms with E-state index in [1.807, 2.05) is 0 Å². The second-order valence-corrected chi connectivity index (χ2v) is 14.0. The van der Waals surface area contributed by atoms with Crippen LogP contribution in [-0.2, 0) is 0 Å². The fourth-order valence-corrected chi connectivity index (χ4v) is 9.40. The molecule has 11 aromatic rings. The summed E-state index contributed by atoms with van der Waals surface area (Å²) in [5.74, 6) is 0. The highest BCUT2D eigenvalue weighted by Crippen LogP contribution is 2.52. The number of rotatable bonds is 3. The summed E-state index contributed by atoms with van der Waals surface area (Å²) in [6.45, 7) is 4.48. The Balaban J connectivity index is 1.39. The topological polar surface area (TPSA) is 0 Å². The Morgan fingerprint density at radius 3 is 1.56 bits per heavy atom. The fourth-order valence-electron chi connectivity index (χ4n) is 9.40. The number of hydrogen-bond acceptors (Lipinski definition) is 0. The molecular formula is C50H32. The third-order valence-electron chi connectivity index (χ3n) is 11.4. The lowest BCUT2D eigenvalue weighted by molar-refractivity contribution is 1.39. The van der Waals surface area contributed by atoms with Gasteiger partial charge in [0.05, 0.1) is 0 Å². The average Bonchev–Trinajstić information content (AvgIpc) is 3.66. The molecule has 0 saturated carbocycles. The fraction of sp³-hybridized carbons (Fsp3) is 0.0400. The molecule has 0 radical (unpaired) electrons. The van der Waals surface area contributed by atoms with E-state index in [4.69, 9.17) is 0 Å². The maximum atomic E-state index is 2.50. The van der Waals surface area contributed by atoms with E-state index in [1.165, 1.54) is 120 Å². The van der Waals surface area contributed by atoms with Crippen molar-refractivity contribution in [2.24, 2.45) is 0 Å². The minimum Gasteiger partial charge on any atom is -0.0622 e. The zero-order valence-corrected chi connectivity index (χ0v) is 28.0. The van der Waals surface area contributed by atoms with Gasteiger partial charge in [0, 0.05) is 0 Å². The maximum Gasteiger partial charge on any atom is -0.000784 e. The predicted octanol–water partition coefficient (Wildman–Crippen LogP) is 14.3. The first-order valence-corrected chi connectivity index (χ1v) is 17.6. The average molecular weight is 633 g/mol. The van der Waals surface area contributed by atoms with E-state index in [0.717, 1.165) is 0 Å². The van der Waals surface area contributed by atoms with Gasteiger partial charge in [-0.3, -0.25) is 0 Å². The minimum atomic E-state index is 1.23. The lowest BCUT2D eigenvalue weighted by Gasteiger charge is -2.17. The van der Waals surface area contributed by atoms with Gasteiger partial charge in [0.25, 0.3) is 0 Å². The number of hydrogen-bond donors (Lipinski definition) is 0. The summed E-state index contributed by atoms with van der Waals surface area (Å²) in [6, 6.07) is 59.2. The molecule has 0 aliphatic carbocycles. The Labute approximate surface area is 290 Å². The van der Waals surface area contributed by atoms with E-state index >= 15 is 0 Å². The van der Waals surface area contributed by atoms with Crippen LogP contribution in [0.1, 0.15) is 11.1 Å². The van der Waals surface area contributed by atoms with Crippen molar-refractivity contribution in [3.63, 3.8) is 0 Å². The molecule has 0 bridgehead atoms. The number of aryl methyl sites for hydroxylation is 2. The Morgan fingerprint density at radius 2 is 0.800 bits per heavy atom. The van der Waals surface area contributed by atoms with E-state index < -0.39 is 0 Å². The summed E-state index contributed by atoms with van der Waals surface area (Å²) in [5, 5.41) is 18.6. The maximum absolute atomic E-state index is 2.50. The van der Waals surface area contributed by atoms with Crippen LogP contribution in [0.15, 0.2) is 158 Å². The molecule has 11 aromatic carbocycles. The van der Waals surface area contributed by atoms with Crippen LogP contribution in [0.4, 0.5) is 0 Å². The molecule has 0 aliphatic rings. The first kappa shape index (κ1) is 27.7. The zero-order valence-electron chi connectivity index (χ0n) is 28.0. The van der Waals surface area contributed by atoms with E-state index in [9.17, 15) is 0 Å². The molecular weight excluding hydrogens is 601 g/mol. The predicted molar refractivity (Wildman–Crippen MR) is 217 cm³/mol. The minimum absolute atomic E-state index is 1.23. The van der Waals surface area contributed by atoms with E-state index in [0.29, 0.717) is 0 Å². The molecule has 0 aromatic heterocycles. The molecule has 232 valence electrons. The van der Waals surface area contributed by atoms with Crippen LogP contribution in [-0.4, -0.2) is 0 Å². The van der Waals surface area contributed by atoms with Crippen LogP contribution in [0, 0.1) is 13.8 Å². The zero-order chi connectivity index (χ0) is 33.1. The first-order valence-electron chi connectivity index (χ1n) is 17.6. The highest BCUT2D eigenvalue weighted by molar-refractivity contribution is 6.42. The highest BCUT2D eigenvalue weighted by atomic mass is 14.3. The van der Waals surface area contributed by atoms with Gasteiger partial charge in [-0.2, -0.15) is 0 Å². The smallest absolute Gasteiger partial charge is 0.000784 e.